The molecule has 0 radical (unpaired) electrons. The molecule has 2 atom stereocenters. The Hall–Kier alpha value is -5.34. The summed E-state index contributed by atoms with van der Waals surface area (Å²) < 4.78 is 43.5. The average Bonchev–Trinajstić information content (AvgIpc) is 3.72. The van der Waals surface area contributed by atoms with E-state index in [0.717, 1.165) is 59.0 Å². The van der Waals surface area contributed by atoms with Gasteiger partial charge in [0.15, 0.2) is 5.82 Å². The van der Waals surface area contributed by atoms with Crippen molar-refractivity contribution >= 4 is 44.4 Å². The lowest BCUT2D eigenvalue weighted by molar-refractivity contribution is -0.0586. The number of rotatable bonds is 8. The predicted octanol–water partition coefficient (Wildman–Crippen LogP) is 6.61. The molecule has 2 fully saturated rings. The van der Waals surface area contributed by atoms with Crippen molar-refractivity contribution in [2.75, 3.05) is 20.2 Å². The average molecular weight is 778 g/mol. The number of morpholine rings is 1. The zero-order valence-electron chi connectivity index (χ0n) is 32.4. The monoisotopic (exact) mass is 777 g/mol. The molecule has 3 aliphatic rings. The largest absolute Gasteiger partial charge is 0.497 e. The molecule has 13 nitrogen and oxygen atoms in total. The van der Waals surface area contributed by atoms with Crippen LogP contribution in [0.2, 0.25) is 0 Å². The van der Waals surface area contributed by atoms with Gasteiger partial charge < -0.3 is 18.9 Å². The smallest absolute Gasteiger partial charge is 0.264 e. The third-order valence-electron chi connectivity index (χ3n) is 11.2. The Morgan fingerprint density at radius 3 is 2.43 bits per heavy atom. The van der Waals surface area contributed by atoms with Crippen LogP contribution in [-0.2, 0) is 21.3 Å². The van der Waals surface area contributed by atoms with Gasteiger partial charge in [-0.15, -0.1) is 0 Å². The Kier molecular flexibility index (Phi) is 10.0. The summed E-state index contributed by atoms with van der Waals surface area (Å²) in [5.74, 6) is 0.550. The molecule has 5 heterocycles. The Labute approximate surface area is 326 Å². The number of nitrogens with zero attached hydrogens (tertiary/aromatic N) is 6. The number of fused-ring (bicyclic) bond motifs is 5. The van der Waals surface area contributed by atoms with Crippen molar-refractivity contribution in [3.05, 3.63) is 89.1 Å². The van der Waals surface area contributed by atoms with Gasteiger partial charge >= 0.3 is 0 Å². The molecular formula is C42H47N7O6S. The number of benzene rings is 2. The number of hydrogen-bond acceptors (Lipinski definition) is 9. The third kappa shape index (κ3) is 6.89. The zero-order valence-corrected chi connectivity index (χ0v) is 33.2. The van der Waals surface area contributed by atoms with Gasteiger partial charge in [0.1, 0.15) is 5.75 Å². The molecule has 14 heteroatoms. The molecule has 0 unspecified atom stereocenters. The first-order valence-corrected chi connectivity index (χ1v) is 20.9. The first kappa shape index (κ1) is 37.6. The van der Waals surface area contributed by atoms with Crippen molar-refractivity contribution in [3.63, 3.8) is 0 Å². The lowest BCUT2D eigenvalue weighted by atomic mass is 9.81. The van der Waals surface area contributed by atoms with Crippen LogP contribution >= 0.6 is 0 Å². The van der Waals surface area contributed by atoms with Crippen molar-refractivity contribution in [2.45, 2.75) is 89.7 Å². The summed E-state index contributed by atoms with van der Waals surface area (Å²) in [4.78, 5) is 38.9. The second kappa shape index (κ2) is 15.0. The van der Waals surface area contributed by atoms with E-state index in [2.05, 4.69) is 31.4 Å². The Balaban J connectivity index is 1.38. The normalized spacial score (nSPS) is 19.0. The molecule has 292 valence electrons. The number of amides is 2. The third-order valence-corrected chi connectivity index (χ3v) is 12.9. The second-order valence-electron chi connectivity index (χ2n) is 15.4. The number of aromatic nitrogens is 5. The molecule has 0 spiro atoms. The van der Waals surface area contributed by atoms with Crippen LogP contribution in [0.5, 0.6) is 5.75 Å². The highest BCUT2D eigenvalue weighted by atomic mass is 32.2. The minimum absolute atomic E-state index is 0.133. The van der Waals surface area contributed by atoms with E-state index >= 15 is 0 Å². The lowest BCUT2D eigenvalue weighted by Crippen LogP contribution is -2.48. The molecular weight excluding hydrogens is 731 g/mol. The number of carbonyl (C=O) groups excluding carboxylic acids is 2. The van der Waals surface area contributed by atoms with Crippen LogP contribution in [0.25, 0.3) is 39.6 Å². The number of ether oxygens (including phenoxy) is 2. The van der Waals surface area contributed by atoms with Crippen molar-refractivity contribution in [2.24, 2.45) is 0 Å². The van der Waals surface area contributed by atoms with Crippen LogP contribution in [0.4, 0.5) is 0 Å². The SMILES string of the molecule is COc1ccc2c(c1)C=C(c1c(C(=O)N3C[C@@H](C)O[C@@H](C)C3)cnn1-c1cnccn1)Cn1c-2c(C2CCCCC2)c2ccc(C(=O)NS(=O)(=O)C(C)C)cc21. The molecule has 0 bridgehead atoms. The molecule has 2 amide bonds. The van der Waals surface area contributed by atoms with E-state index in [-0.39, 0.29) is 29.6 Å². The Morgan fingerprint density at radius 1 is 0.964 bits per heavy atom. The first-order chi connectivity index (χ1) is 26.9. The van der Waals surface area contributed by atoms with Gasteiger partial charge in [-0.2, -0.15) is 5.10 Å². The van der Waals surface area contributed by atoms with Crippen molar-refractivity contribution < 1.29 is 27.5 Å². The van der Waals surface area contributed by atoms with Gasteiger partial charge in [-0.25, -0.2) is 22.8 Å². The van der Waals surface area contributed by atoms with Gasteiger partial charge in [-0.3, -0.25) is 14.6 Å². The number of methoxy groups -OCH3 is 1. The maximum absolute atomic E-state index is 14.6. The van der Waals surface area contributed by atoms with Crippen LogP contribution in [0.3, 0.4) is 0 Å². The van der Waals surface area contributed by atoms with Crippen LogP contribution < -0.4 is 9.46 Å². The van der Waals surface area contributed by atoms with Crippen LogP contribution in [0.15, 0.2) is 61.2 Å². The van der Waals surface area contributed by atoms with Gasteiger partial charge in [-0.05, 0) is 99.6 Å². The molecule has 1 saturated heterocycles. The maximum atomic E-state index is 14.6. The van der Waals surface area contributed by atoms with Crippen LogP contribution in [0, 0.1) is 0 Å². The van der Waals surface area contributed by atoms with Gasteiger partial charge in [-0.1, -0.05) is 25.3 Å². The van der Waals surface area contributed by atoms with Crippen LogP contribution in [-0.4, -0.2) is 87.1 Å². The number of hydrogen-bond donors (Lipinski definition) is 1. The fourth-order valence-corrected chi connectivity index (χ4v) is 9.15. The minimum atomic E-state index is -3.87. The van der Waals surface area contributed by atoms with Gasteiger partial charge in [0.25, 0.3) is 11.8 Å². The fourth-order valence-electron chi connectivity index (χ4n) is 8.53. The minimum Gasteiger partial charge on any atom is -0.497 e. The van der Waals surface area contributed by atoms with Crippen molar-refractivity contribution in [1.29, 1.82) is 0 Å². The standard InChI is InChI=1S/C42H47N7O6S/c1-25(2)56(52,53)46-41(50)29-11-13-34-36(19-29)48-24-31(17-30-18-32(54-5)12-14-33(30)40(48)38(34)28-9-7-6-8-10-28)39-35(20-45-49(39)37-21-43-15-16-44-37)42(51)47-22-26(3)55-27(4)23-47/h11-21,25-28H,6-10,22-24H2,1-5H3,(H,46,50)/t26-,27+. The molecule has 1 N–H and O–H groups in total. The molecule has 8 rings (SSSR count). The fraction of sp³-hybridized carbons (Fsp3) is 0.405. The summed E-state index contributed by atoms with van der Waals surface area (Å²) in [6, 6.07) is 11.5. The zero-order chi connectivity index (χ0) is 39.3. The summed E-state index contributed by atoms with van der Waals surface area (Å²) in [7, 11) is -2.23. The maximum Gasteiger partial charge on any atom is 0.264 e. The van der Waals surface area contributed by atoms with Crippen LogP contribution in [0.1, 0.15) is 103 Å². The Morgan fingerprint density at radius 2 is 1.73 bits per heavy atom. The van der Waals surface area contributed by atoms with E-state index in [4.69, 9.17) is 14.6 Å². The summed E-state index contributed by atoms with van der Waals surface area (Å²) in [6.45, 7) is 8.17. The highest BCUT2D eigenvalue weighted by Crippen LogP contribution is 2.48. The molecule has 1 saturated carbocycles. The second-order valence-corrected chi connectivity index (χ2v) is 17.6. The molecule has 56 heavy (non-hydrogen) atoms. The van der Waals surface area contributed by atoms with E-state index in [1.54, 1.807) is 48.7 Å². The summed E-state index contributed by atoms with van der Waals surface area (Å²) >= 11 is 0. The molecule has 5 aromatic rings. The lowest BCUT2D eigenvalue weighted by Gasteiger charge is -2.35. The summed E-state index contributed by atoms with van der Waals surface area (Å²) in [5, 5.41) is 5.00. The van der Waals surface area contributed by atoms with Crippen molar-refractivity contribution in [3.8, 4) is 22.8 Å². The Bertz CT molecular complexity index is 2460. The van der Waals surface area contributed by atoms with E-state index < -0.39 is 21.2 Å². The quantitative estimate of drug-likeness (QED) is 0.184. The first-order valence-electron chi connectivity index (χ1n) is 19.3. The number of sulfonamides is 1. The molecule has 1 aliphatic carbocycles. The topological polar surface area (TPSA) is 151 Å². The highest BCUT2D eigenvalue weighted by molar-refractivity contribution is 7.90. The summed E-state index contributed by atoms with van der Waals surface area (Å²) in [5.41, 5.74) is 6.91. The summed E-state index contributed by atoms with van der Waals surface area (Å²) in [6.07, 6.45) is 13.7. The van der Waals surface area contributed by atoms with E-state index in [0.29, 0.717) is 42.5 Å². The van der Waals surface area contributed by atoms with Crippen molar-refractivity contribution in [1.82, 2.24) is 33.9 Å². The predicted molar refractivity (Wildman–Crippen MR) is 214 cm³/mol. The number of nitrogens with one attached hydrogen (secondary N) is 1. The van der Waals surface area contributed by atoms with Gasteiger partial charge in [0, 0.05) is 47.5 Å². The number of allylic oxidation sites excluding steroid dienone is 1. The van der Waals surface area contributed by atoms with E-state index in [1.807, 2.05) is 36.9 Å². The molecule has 2 aliphatic heterocycles. The van der Waals surface area contributed by atoms with E-state index in [9.17, 15) is 18.0 Å². The number of carbonyl (C=O) groups is 2. The molecule has 3 aromatic heterocycles. The van der Waals surface area contributed by atoms with Gasteiger partial charge in [0.2, 0.25) is 10.0 Å². The van der Waals surface area contributed by atoms with E-state index in [1.165, 1.54) is 25.8 Å². The molecule has 2 aromatic carbocycles. The van der Waals surface area contributed by atoms with Gasteiger partial charge in [0.05, 0.1) is 60.5 Å². The highest BCUT2D eigenvalue weighted by Gasteiger charge is 2.34.